The van der Waals surface area contributed by atoms with Gasteiger partial charge in [-0.1, -0.05) is 12.1 Å². The van der Waals surface area contributed by atoms with E-state index in [0.29, 0.717) is 15.6 Å². The Bertz CT molecular complexity index is 498. The minimum absolute atomic E-state index is 0.176. The Labute approximate surface area is 96.9 Å². The number of halogens is 1. The topological polar surface area (TPSA) is 38.0 Å². The molecule has 1 aromatic carbocycles. The molecule has 3 nitrogen and oxygen atoms in total. The molecule has 1 aromatic heterocycles. The van der Waals surface area contributed by atoms with E-state index in [4.69, 9.17) is 5.11 Å². The SMILES string of the molecule is Cn1ccnc1Sc1c(F)cccc1CO. The molecule has 1 N–H and O–H groups in total. The van der Waals surface area contributed by atoms with Crippen LogP contribution >= 0.6 is 11.8 Å². The van der Waals surface area contributed by atoms with Crippen molar-refractivity contribution in [3.8, 4) is 0 Å². The first-order valence-electron chi connectivity index (χ1n) is 4.76. The Hall–Kier alpha value is -1.33. The van der Waals surface area contributed by atoms with Crippen LogP contribution in [0.25, 0.3) is 0 Å². The molecule has 0 fully saturated rings. The Balaban J connectivity index is 2.37. The highest BCUT2D eigenvalue weighted by Gasteiger charge is 2.11. The average molecular weight is 238 g/mol. The van der Waals surface area contributed by atoms with Gasteiger partial charge in [0.1, 0.15) is 5.82 Å². The highest BCUT2D eigenvalue weighted by Crippen LogP contribution is 2.31. The van der Waals surface area contributed by atoms with Gasteiger partial charge in [0.05, 0.1) is 11.5 Å². The molecule has 84 valence electrons. The van der Waals surface area contributed by atoms with Crippen molar-refractivity contribution in [1.82, 2.24) is 9.55 Å². The summed E-state index contributed by atoms with van der Waals surface area (Å²) in [5, 5.41) is 9.83. The highest BCUT2D eigenvalue weighted by atomic mass is 32.2. The zero-order chi connectivity index (χ0) is 11.5. The zero-order valence-corrected chi connectivity index (χ0v) is 9.54. The van der Waals surface area contributed by atoms with E-state index in [2.05, 4.69) is 4.98 Å². The van der Waals surface area contributed by atoms with E-state index in [9.17, 15) is 4.39 Å². The van der Waals surface area contributed by atoms with Crippen molar-refractivity contribution in [2.75, 3.05) is 0 Å². The second kappa shape index (κ2) is 4.67. The molecule has 16 heavy (non-hydrogen) atoms. The maximum atomic E-state index is 13.6. The normalized spacial score (nSPS) is 10.7. The third-order valence-electron chi connectivity index (χ3n) is 2.19. The molecule has 0 saturated carbocycles. The van der Waals surface area contributed by atoms with Crippen LogP contribution in [-0.4, -0.2) is 14.7 Å². The maximum Gasteiger partial charge on any atom is 0.172 e. The van der Waals surface area contributed by atoms with Crippen LogP contribution in [-0.2, 0) is 13.7 Å². The molecule has 0 atom stereocenters. The first-order chi connectivity index (χ1) is 7.72. The Morgan fingerprint density at radius 3 is 2.94 bits per heavy atom. The van der Waals surface area contributed by atoms with Crippen LogP contribution < -0.4 is 0 Å². The van der Waals surface area contributed by atoms with Gasteiger partial charge >= 0.3 is 0 Å². The van der Waals surface area contributed by atoms with Gasteiger partial charge in [-0.25, -0.2) is 9.37 Å². The summed E-state index contributed by atoms with van der Waals surface area (Å²) in [6.07, 6.45) is 3.45. The van der Waals surface area contributed by atoms with Crippen molar-refractivity contribution < 1.29 is 9.50 Å². The lowest BCUT2D eigenvalue weighted by Crippen LogP contribution is -1.94. The fourth-order valence-corrected chi connectivity index (χ4v) is 2.26. The van der Waals surface area contributed by atoms with Crippen LogP contribution in [0.2, 0.25) is 0 Å². The molecular weight excluding hydrogens is 227 g/mol. The smallest absolute Gasteiger partial charge is 0.172 e. The van der Waals surface area contributed by atoms with Crippen LogP contribution in [0.3, 0.4) is 0 Å². The van der Waals surface area contributed by atoms with Crippen molar-refractivity contribution in [1.29, 1.82) is 0 Å². The Kier molecular flexibility index (Phi) is 3.26. The molecule has 0 bridgehead atoms. The molecule has 2 aromatic rings. The van der Waals surface area contributed by atoms with Gasteiger partial charge in [-0.05, 0) is 23.4 Å². The number of hydrogen-bond donors (Lipinski definition) is 1. The lowest BCUT2D eigenvalue weighted by molar-refractivity contribution is 0.277. The predicted octanol–water partition coefficient (Wildman–Crippen LogP) is 2.20. The first kappa shape index (κ1) is 11.2. The number of aliphatic hydroxyl groups is 1. The number of aliphatic hydroxyl groups excluding tert-OH is 1. The second-order valence-electron chi connectivity index (χ2n) is 3.31. The number of imidazole rings is 1. The number of nitrogens with zero attached hydrogens (tertiary/aromatic N) is 2. The largest absolute Gasteiger partial charge is 0.392 e. The van der Waals surface area contributed by atoms with E-state index in [1.807, 2.05) is 7.05 Å². The van der Waals surface area contributed by atoms with E-state index in [1.165, 1.54) is 17.8 Å². The predicted molar refractivity (Wildman–Crippen MR) is 59.7 cm³/mol. The van der Waals surface area contributed by atoms with Gasteiger partial charge < -0.3 is 9.67 Å². The van der Waals surface area contributed by atoms with Gasteiger partial charge in [-0.2, -0.15) is 0 Å². The molecule has 0 aliphatic carbocycles. The Morgan fingerprint density at radius 1 is 1.50 bits per heavy atom. The average Bonchev–Trinajstić information content (AvgIpc) is 2.67. The molecule has 0 aliphatic heterocycles. The lowest BCUT2D eigenvalue weighted by atomic mass is 10.2. The minimum atomic E-state index is -0.334. The van der Waals surface area contributed by atoms with Crippen molar-refractivity contribution >= 4 is 11.8 Å². The van der Waals surface area contributed by atoms with Crippen molar-refractivity contribution in [3.63, 3.8) is 0 Å². The van der Waals surface area contributed by atoms with E-state index >= 15 is 0 Å². The molecule has 0 saturated heterocycles. The molecule has 0 amide bonds. The fourth-order valence-electron chi connectivity index (χ4n) is 1.33. The van der Waals surface area contributed by atoms with Crippen molar-refractivity contribution in [2.45, 2.75) is 16.7 Å². The third-order valence-corrected chi connectivity index (χ3v) is 3.43. The summed E-state index contributed by atoms with van der Waals surface area (Å²) in [7, 11) is 1.84. The molecule has 2 rings (SSSR count). The second-order valence-corrected chi connectivity index (χ2v) is 4.29. The number of benzene rings is 1. The van der Waals surface area contributed by atoms with Crippen LogP contribution in [0.1, 0.15) is 5.56 Å². The van der Waals surface area contributed by atoms with Gasteiger partial charge in [0.2, 0.25) is 0 Å². The maximum absolute atomic E-state index is 13.6. The van der Waals surface area contributed by atoms with E-state index in [1.54, 1.807) is 29.1 Å². The van der Waals surface area contributed by atoms with Crippen molar-refractivity contribution in [3.05, 3.63) is 42.0 Å². The number of rotatable bonds is 3. The minimum Gasteiger partial charge on any atom is -0.392 e. The molecule has 0 unspecified atom stereocenters. The highest BCUT2D eigenvalue weighted by molar-refractivity contribution is 7.99. The van der Waals surface area contributed by atoms with E-state index in [0.717, 1.165) is 0 Å². The Morgan fingerprint density at radius 2 is 2.31 bits per heavy atom. The quantitative estimate of drug-likeness (QED) is 0.890. The summed E-state index contributed by atoms with van der Waals surface area (Å²) in [6, 6.07) is 4.67. The number of hydrogen-bond acceptors (Lipinski definition) is 3. The zero-order valence-electron chi connectivity index (χ0n) is 8.72. The number of aryl methyl sites for hydroxylation is 1. The third kappa shape index (κ3) is 2.10. The van der Waals surface area contributed by atoms with E-state index < -0.39 is 0 Å². The molecule has 5 heteroatoms. The van der Waals surface area contributed by atoms with Gasteiger partial charge in [0.25, 0.3) is 0 Å². The summed E-state index contributed by atoms with van der Waals surface area (Å²) in [5.41, 5.74) is 0.577. The summed E-state index contributed by atoms with van der Waals surface area (Å²) in [6.45, 7) is -0.176. The molecule has 0 aliphatic rings. The fraction of sp³-hybridized carbons (Fsp3) is 0.182. The van der Waals surface area contributed by atoms with Gasteiger partial charge in [-0.15, -0.1) is 0 Å². The van der Waals surface area contributed by atoms with Crippen LogP contribution in [0.5, 0.6) is 0 Å². The molecule has 0 radical (unpaired) electrons. The number of aromatic nitrogens is 2. The molecular formula is C11H11FN2OS. The summed E-state index contributed by atoms with van der Waals surface area (Å²) in [4.78, 5) is 4.54. The summed E-state index contributed by atoms with van der Waals surface area (Å²) >= 11 is 1.22. The van der Waals surface area contributed by atoms with Gasteiger partial charge in [0.15, 0.2) is 5.16 Å². The van der Waals surface area contributed by atoms with E-state index in [-0.39, 0.29) is 12.4 Å². The van der Waals surface area contributed by atoms with Gasteiger partial charge in [0, 0.05) is 19.4 Å². The first-order valence-corrected chi connectivity index (χ1v) is 5.57. The van der Waals surface area contributed by atoms with Gasteiger partial charge in [-0.3, -0.25) is 0 Å². The molecule has 0 spiro atoms. The summed E-state index contributed by atoms with van der Waals surface area (Å²) in [5.74, 6) is -0.334. The monoisotopic (exact) mass is 238 g/mol. The van der Waals surface area contributed by atoms with Crippen molar-refractivity contribution in [2.24, 2.45) is 7.05 Å². The standard InChI is InChI=1S/C11H11FN2OS/c1-14-6-5-13-11(14)16-10-8(7-15)3-2-4-9(10)12/h2-6,15H,7H2,1H3. The van der Waals surface area contributed by atoms with Crippen LogP contribution in [0.15, 0.2) is 40.6 Å². The lowest BCUT2D eigenvalue weighted by Gasteiger charge is -2.07. The van der Waals surface area contributed by atoms with Crippen LogP contribution in [0.4, 0.5) is 4.39 Å². The molecule has 1 heterocycles. The van der Waals surface area contributed by atoms with Crippen LogP contribution in [0, 0.1) is 5.82 Å². The summed E-state index contributed by atoms with van der Waals surface area (Å²) < 4.78 is 15.4.